The van der Waals surface area contributed by atoms with Crippen LogP contribution < -0.4 is 5.32 Å². The van der Waals surface area contributed by atoms with Crippen molar-refractivity contribution in [2.45, 2.75) is 12.7 Å². The molecule has 0 aliphatic heterocycles. The number of nitrogens with one attached hydrogen (secondary N) is 1. The van der Waals surface area contributed by atoms with Crippen molar-refractivity contribution < 1.29 is 27.6 Å². The summed E-state index contributed by atoms with van der Waals surface area (Å²) in [6.07, 6.45) is 1.29. The first-order valence-corrected chi connectivity index (χ1v) is 6.62. The lowest BCUT2D eigenvalue weighted by Gasteiger charge is -2.22. The van der Waals surface area contributed by atoms with Gasteiger partial charge in [0.2, 0.25) is 11.7 Å². The number of carbonyl (C=O) groups excluding carboxylic acids is 2. The van der Waals surface area contributed by atoms with Crippen LogP contribution in [0.4, 0.5) is 0 Å². The van der Waals surface area contributed by atoms with Gasteiger partial charge >= 0.3 is 7.60 Å². The monoisotopic (exact) mass is 275 g/mol. The minimum atomic E-state index is -3.78. The van der Waals surface area contributed by atoms with Crippen molar-refractivity contribution in [1.29, 1.82) is 0 Å². The highest BCUT2D eigenvalue weighted by Crippen LogP contribution is 2.51. The quantitative estimate of drug-likeness (QED) is 0.623. The standard InChI is InChI=1S/C10H14NO6P/c1-7(12)11-10(18(14,15-2)16-3)9(13)8-5-4-6-17-8/h4-6,10H,1-3H3,(H,11,12). The molecule has 0 aliphatic carbocycles. The minimum Gasteiger partial charge on any atom is -0.461 e. The first kappa shape index (κ1) is 14.6. The normalized spacial score (nSPS) is 13.1. The number of furan rings is 1. The van der Waals surface area contributed by atoms with Crippen LogP contribution >= 0.6 is 7.60 Å². The lowest BCUT2D eigenvalue weighted by atomic mass is 10.3. The van der Waals surface area contributed by atoms with Crippen LogP contribution in [0, 0.1) is 0 Å². The number of rotatable bonds is 6. The van der Waals surface area contributed by atoms with Gasteiger partial charge < -0.3 is 18.8 Å². The third-order valence-corrected chi connectivity index (χ3v) is 4.19. The van der Waals surface area contributed by atoms with Crippen LogP contribution in [0.1, 0.15) is 17.5 Å². The number of amides is 1. The van der Waals surface area contributed by atoms with Gasteiger partial charge in [-0.2, -0.15) is 0 Å². The number of ketones is 1. The first-order valence-electron chi connectivity index (χ1n) is 5.00. The molecule has 1 unspecified atom stereocenters. The fourth-order valence-corrected chi connectivity index (χ4v) is 2.64. The minimum absolute atomic E-state index is 0.0388. The van der Waals surface area contributed by atoms with Crippen molar-refractivity contribution >= 4 is 19.3 Å². The molecule has 1 heterocycles. The van der Waals surface area contributed by atoms with Crippen molar-refractivity contribution in [3.8, 4) is 0 Å². The highest BCUT2D eigenvalue weighted by molar-refractivity contribution is 7.55. The average molecular weight is 275 g/mol. The Morgan fingerprint density at radius 3 is 2.39 bits per heavy atom. The molecule has 1 atom stereocenters. The lowest BCUT2D eigenvalue weighted by molar-refractivity contribution is -0.119. The van der Waals surface area contributed by atoms with E-state index in [0.717, 1.165) is 14.2 Å². The molecule has 1 aromatic heterocycles. The summed E-state index contributed by atoms with van der Waals surface area (Å²) < 4.78 is 26.6. The van der Waals surface area contributed by atoms with Crippen LogP contribution in [0.25, 0.3) is 0 Å². The maximum atomic E-state index is 12.2. The third kappa shape index (κ3) is 3.07. The second-order valence-electron chi connectivity index (χ2n) is 3.35. The molecule has 8 heteroatoms. The maximum Gasteiger partial charge on any atom is 0.360 e. The van der Waals surface area contributed by atoms with Crippen LogP contribution in [0.15, 0.2) is 22.8 Å². The second kappa shape index (κ2) is 5.95. The summed E-state index contributed by atoms with van der Waals surface area (Å²) >= 11 is 0. The number of Topliss-reactive ketones (excluding diaryl/α,β-unsaturated/α-hetero) is 1. The average Bonchev–Trinajstić information content (AvgIpc) is 2.87. The summed E-state index contributed by atoms with van der Waals surface area (Å²) in [5.41, 5.74) is 0. The van der Waals surface area contributed by atoms with E-state index in [0.29, 0.717) is 0 Å². The zero-order valence-electron chi connectivity index (χ0n) is 10.2. The second-order valence-corrected chi connectivity index (χ2v) is 5.68. The number of hydrogen-bond acceptors (Lipinski definition) is 6. The van der Waals surface area contributed by atoms with Gasteiger partial charge in [-0.05, 0) is 12.1 Å². The van der Waals surface area contributed by atoms with E-state index in [-0.39, 0.29) is 5.76 Å². The molecule has 0 spiro atoms. The van der Waals surface area contributed by atoms with E-state index in [1.165, 1.54) is 25.3 Å². The summed E-state index contributed by atoms with van der Waals surface area (Å²) in [6.45, 7) is 1.19. The molecule has 0 saturated heterocycles. The Kier molecular flexibility index (Phi) is 4.84. The van der Waals surface area contributed by atoms with Crippen molar-refractivity contribution in [3.05, 3.63) is 24.2 Å². The third-order valence-electron chi connectivity index (χ3n) is 2.18. The molecule has 0 radical (unpaired) electrons. The van der Waals surface area contributed by atoms with Crippen molar-refractivity contribution in [1.82, 2.24) is 5.32 Å². The first-order chi connectivity index (χ1) is 8.44. The molecule has 7 nitrogen and oxygen atoms in total. The predicted molar refractivity (Wildman–Crippen MR) is 62.3 cm³/mol. The van der Waals surface area contributed by atoms with Crippen molar-refractivity contribution in [2.75, 3.05) is 14.2 Å². The van der Waals surface area contributed by atoms with Crippen molar-refractivity contribution in [2.24, 2.45) is 0 Å². The van der Waals surface area contributed by atoms with Crippen LogP contribution in [0.2, 0.25) is 0 Å². The zero-order valence-corrected chi connectivity index (χ0v) is 11.1. The largest absolute Gasteiger partial charge is 0.461 e. The van der Waals surface area contributed by atoms with E-state index in [1.54, 1.807) is 0 Å². The van der Waals surface area contributed by atoms with Crippen LogP contribution in [0.5, 0.6) is 0 Å². The summed E-state index contributed by atoms with van der Waals surface area (Å²) in [4.78, 5) is 23.1. The molecule has 1 rings (SSSR count). The summed E-state index contributed by atoms with van der Waals surface area (Å²) in [7, 11) is -1.52. The van der Waals surface area contributed by atoms with Gasteiger partial charge in [0, 0.05) is 21.1 Å². The molecule has 1 N–H and O–H groups in total. The van der Waals surface area contributed by atoms with E-state index in [2.05, 4.69) is 5.32 Å². The summed E-state index contributed by atoms with van der Waals surface area (Å²) in [6, 6.07) is 2.90. The van der Waals surface area contributed by atoms with Gasteiger partial charge in [0.15, 0.2) is 11.5 Å². The Labute approximate surface area is 104 Å². The van der Waals surface area contributed by atoms with Gasteiger partial charge in [0.1, 0.15) is 0 Å². The number of carbonyl (C=O) groups is 2. The maximum absolute atomic E-state index is 12.2. The van der Waals surface area contributed by atoms with E-state index < -0.39 is 25.1 Å². The Hall–Kier alpha value is -1.43. The highest BCUT2D eigenvalue weighted by Gasteiger charge is 2.42. The topological polar surface area (TPSA) is 94.8 Å². The SMILES string of the molecule is COP(=O)(OC)C(NC(C)=O)C(=O)c1ccco1. The van der Waals surface area contributed by atoms with Gasteiger partial charge in [-0.25, -0.2) is 0 Å². The van der Waals surface area contributed by atoms with Gasteiger partial charge in [0.25, 0.3) is 0 Å². The Balaban J connectivity index is 3.09. The molecule has 1 aromatic rings. The molecule has 0 saturated carbocycles. The van der Waals surface area contributed by atoms with Crippen LogP contribution in [0.3, 0.4) is 0 Å². The van der Waals surface area contributed by atoms with E-state index in [1.807, 2.05) is 0 Å². The fraction of sp³-hybridized carbons (Fsp3) is 0.400. The molecule has 100 valence electrons. The van der Waals surface area contributed by atoms with E-state index in [9.17, 15) is 14.2 Å². The van der Waals surface area contributed by atoms with E-state index in [4.69, 9.17) is 13.5 Å². The smallest absolute Gasteiger partial charge is 0.360 e. The Morgan fingerprint density at radius 2 is 2.00 bits per heavy atom. The van der Waals surface area contributed by atoms with Gasteiger partial charge in [0.05, 0.1) is 6.26 Å². The molecule has 1 amide bonds. The van der Waals surface area contributed by atoms with Gasteiger partial charge in [-0.1, -0.05) is 0 Å². The highest BCUT2D eigenvalue weighted by atomic mass is 31.2. The van der Waals surface area contributed by atoms with Crippen LogP contribution in [-0.4, -0.2) is 31.7 Å². The lowest BCUT2D eigenvalue weighted by Crippen LogP contribution is -2.40. The van der Waals surface area contributed by atoms with Gasteiger partial charge in [-0.15, -0.1) is 0 Å². The molecule has 0 aromatic carbocycles. The molecular formula is C10H14NO6P. The molecule has 0 bridgehead atoms. The zero-order chi connectivity index (χ0) is 13.8. The van der Waals surface area contributed by atoms with Crippen LogP contribution in [-0.2, 0) is 18.4 Å². The molecule has 18 heavy (non-hydrogen) atoms. The van der Waals surface area contributed by atoms with E-state index >= 15 is 0 Å². The Morgan fingerprint density at radius 1 is 1.39 bits per heavy atom. The molecular weight excluding hydrogens is 261 g/mol. The van der Waals surface area contributed by atoms with Gasteiger partial charge in [-0.3, -0.25) is 14.2 Å². The summed E-state index contributed by atoms with van der Waals surface area (Å²) in [5.74, 6) is -2.68. The fourth-order valence-electron chi connectivity index (χ4n) is 1.32. The van der Waals surface area contributed by atoms with Crippen molar-refractivity contribution in [3.63, 3.8) is 0 Å². The predicted octanol–water partition coefficient (Wildman–Crippen LogP) is 1.41. The molecule has 0 fully saturated rings. The molecule has 0 aliphatic rings. The number of hydrogen-bond donors (Lipinski definition) is 1. The summed E-state index contributed by atoms with van der Waals surface area (Å²) in [5, 5.41) is 2.25. The Bertz CT molecular complexity index is 461.